The van der Waals surface area contributed by atoms with E-state index in [4.69, 9.17) is 9.37 Å². The standard InChI is InChI=1S/C14H19N3O2/c1-3-4-5-6-10-18-14-13(15-19-16-14)12-8-7-9-17(2)11-12/h8H,3,6-7,9-11H2,1-2H3. The average Bonchev–Trinajstić information content (AvgIpc) is 2.87. The van der Waals surface area contributed by atoms with Crippen LogP contribution in [-0.2, 0) is 0 Å². The van der Waals surface area contributed by atoms with Gasteiger partial charge in [0.15, 0.2) is 5.69 Å². The summed E-state index contributed by atoms with van der Waals surface area (Å²) in [4.78, 5) is 2.24. The molecule has 5 heteroatoms. The van der Waals surface area contributed by atoms with Crippen LogP contribution < -0.4 is 4.74 Å². The fourth-order valence-corrected chi connectivity index (χ4v) is 1.95. The first-order valence-electron chi connectivity index (χ1n) is 6.60. The Hall–Kier alpha value is -1.80. The summed E-state index contributed by atoms with van der Waals surface area (Å²) in [6, 6.07) is 0. The third-order valence-corrected chi connectivity index (χ3v) is 2.87. The van der Waals surface area contributed by atoms with Gasteiger partial charge in [0.2, 0.25) is 0 Å². The van der Waals surface area contributed by atoms with Crippen LogP contribution >= 0.6 is 0 Å². The van der Waals surface area contributed by atoms with E-state index >= 15 is 0 Å². The van der Waals surface area contributed by atoms with E-state index in [0.29, 0.717) is 18.9 Å². The van der Waals surface area contributed by atoms with Gasteiger partial charge in [0.25, 0.3) is 5.88 Å². The molecule has 5 nitrogen and oxygen atoms in total. The van der Waals surface area contributed by atoms with Crippen LogP contribution in [0.5, 0.6) is 5.88 Å². The lowest BCUT2D eigenvalue weighted by atomic mass is 10.1. The van der Waals surface area contributed by atoms with Crippen molar-refractivity contribution in [3.63, 3.8) is 0 Å². The summed E-state index contributed by atoms with van der Waals surface area (Å²) >= 11 is 0. The van der Waals surface area contributed by atoms with Crippen LogP contribution in [0.1, 0.15) is 31.9 Å². The molecule has 0 atom stereocenters. The molecular weight excluding hydrogens is 242 g/mol. The van der Waals surface area contributed by atoms with Crippen molar-refractivity contribution < 1.29 is 9.37 Å². The molecule has 19 heavy (non-hydrogen) atoms. The SMILES string of the molecule is CCC#CCCOc1nonc1C1=CCCN(C)C1. The Kier molecular flexibility index (Phi) is 4.99. The van der Waals surface area contributed by atoms with Crippen LogP contribution in [0.15, 0.2) is 10.7 Å². The Morgan fingerprint density at radius 1 is 1.42 bits per heavy atom. The topological polar surface area (TPSA) is 51.4 Å². The second-order valence-electron chi connectivity index (χ2n) is 4.48. The second-order valence-corrected chi connectivity index (χ2v) is 4.48. The molecule has 0 fully saturated rings. The normalized spacial score (nSPS) is 15.6. The minimum absolute atomic E-state index is 0.472. The molecular formula is C14H19N3O2. The first-order chi connectivity index (χ1) is 9.31. The van der Waals surface area contributed by atoms with Crippen LogP contribution in [-0.4, -0.2) is 42.0 Å². The fraction of sp³-hybridized carbons (Fsp3) is 0.571. The van der Waals surface area contributed by atoms with Crippen LogP contribution in [0.3, 0.4) is 0 Å². The van der Waals surface area contributed by atoms with E-state index in [9.17, 15) is 0 Å². The van der Waals surface area contributed by atoms with Gasteiger partial charge in [0.05, 0.1) is 0 Å². The van der Waals surface area contributed by atoms with Gasteiger partial charge in [-0.25, -0.2) is 4.63 Å². The number of hydrogen-bond acceptors (Lipinski definition) is 5. The van der Waals surface area contributed by atoms with Crippen LogP contribution in [0, 0.1) is 11.8 Å². The molecule has 0 spiro atoms. The molecule has 0 radical (unpaired) electrons. The predicted molar refractivity (Wildman–Crippen MR) is 72.6 cm³/mol. The molecule has 0 unspecified atom stereocenters. The van der Waals surface area contributed by atoms with Crippen molar-refractivity contribution in [3.8, 4) is 17.7 Å². The van der Waals surface area contributed by atoms with E-state index < -0.39 is 0 Å². The van der Waals surface area contributed by atoms with E-state index in [-0.39, 0.29) is 0 Å². The van der Waals surface area contributed by atoms with Crippen molar-refractivity contribution >= 4 is 5.57 Å². The fourth-order valence-electron chi connectivity index (χ4n) is 1.95. The molecule has 1 aliphatic heterocycles. The number of nitrogens with zero attached hydrogens (tertiary/aromatic N) is 3. The minimum atomic E-state index is 0.472. The Morgan fingerprint density at radius 2 is 2.32 bits per heavy atom. The monoisotopic (exact) mass is 261 g/mol. The van der Waals surface area contributed by atoms with Gasteiger partial charge in [-0.1, -0.05) is 18.9 Å². The summed E-state index contributed by atoms with van der Waals surface area (Å²) in [6.07, 6.45) is 4.75. The van der Waals surface area contributed by atoms with Gasteiger partial charge in [0, 0.05) is 25.9 Å². The highest BCUT2D eigenvalue weighted by Crippen LogP contribution is 2.25. The van der Waals surface area contributed by atoms with Crippen molar-refractivity contribution in [2.75, 3.05) is 26.7 Å². The Morgan fingerprint density at radius 3 is 3.11 bits per heavy atom. The number of ether oxygens (including phenoxy) is 1. The Labute approximate surface area is 113 Å². The molecule has 2 heterocycles. The summed E-state index contributed by atoms with van der Waals surface area (Å²) in [6.45, 7) is 4.45. The zero-order valence-corrected chi connectivity index (χ0v) is 11.5. The molecule has 0 saturated carbocycles. The van der Waals surface area contributed by atoms with Gasteiger partial charge in [0.1, 0.15) is 6.61 Å². The third-order valence-electron chi connectivity index (χ3n) is 2.87. The molecule has 0 aromatic carbocycles. The van der Waals surface area contributed by atoms with E-state index in [1.807, 2.05) is 6.92 Å². The molecule has 1 aliphatic rings. The molecule has 0 aliphatic carbocycles. The first-order valence-corrected chi connectivity index (χ1v) is 6.60. The average molecular weight is 261 g/mol. The Balaban J connectivity index is 1.96. The molecule has 0 amide bonds. The highest BCUT2D eigenvalue weighted by Gasteiger charge is 2.19. The maximum atomic E-state index is 5.58. The minimum Gasteiger partial charge on any atom is -0.473 e. The summed E-state index contributed by atoms with van der Waals surface area (Å²) in [5, 5.41) is 7.77. The van der Waals surface area contributed by atoms with Gasteiger partial charge in [-0.3, -0.25) is 0 Å². The summed E-state index contributed by atoms with van der Waals surface area (Å²) < 4.78 is 10.4. The predicted octanol–water partition coefficient (Wildman–Crippen LogP) is 1.97. The zero-order chi connectivity index (χ0) is 13.5. The summed E-state index contributed by atoms with van der Waals surface area (Å²) in [7, 11) is 2.08. The highest BCUT2D eigenvalue weighted by atomic mass is 16.6. The van der Waals surface area contributed by atoms with Crippen molar-refractivity contribution in [1.29, 1.82) is 0 Å². The van der Waals surface area contributed by atoms with Crippen molar-refractivity contribution in [2.24, 2.45) is 0 Å². The highest BCUT2D eigenvalue weighted by molar-refractivity contribution is 5.67. The lowest BCUT2D eigenvalue weighted by Crippen LogP contribution is -2.25. The van der Waals surface area contributed by atoms with E-state index in [2.05, 4.69) is 40.2 Å². The largest absolute Gasteiger partial charge is 0.473 e. The quantitative estimate of drug-likeness (QED) is 0.612. The zero-order valence-electron chi connectivity index (χ0n) is 11.5. The molecule has 102 valence electrons. The van der Waals surface area contributed by atoms with Crippen LogP contribution in [0.4, 0.5) is 0 Å². The maximum Gasteiger partial charge on any atom is 0.283 e. The van der Waals surface area contributed by atoms with Gasteiger partial charge in [-0.05, 0) is 29.4 Å². The van der Waals surface area contributed by atoms with Crippen LogP contribution in [0.25, 0.3) is 5.57 Å². The van der Waals surface area contributed by atoms with Gasteiger partial charge >= 0.3 is 0 Å². The molecule has 0 saturated heterocycles. The lowest BCUT2D eigenvalue weighted by molar-refractivity contribution is 0.259. The van der Waals surface area contributed by atoms with Crippen LogP contribution in [0.2, 0.25) is 0 Å². The second kappa shape index (κ2) is 6.95. The van der Waals surface area contributed by atoms with Crippen molar-refractivity contribution in [2.45, 2.75) is 26.2 Å². The summed E-state index contributed by atoms with van der Waals surface area (Å²) in [5.74, 6) is 6.50. The molecule has 1 aromatic rings. The lowest BCUT2D eigenvalue weighted by Gasteiger charge is -2.21. The van der Waals surface area contributed by atoms with E-state index in [1.165, 1.54) is 0 Å². The summed E-state index contributed by atoms with van der Waals surface area (Å²) in [5.41, 5.74) is 1.83. The van der Waals surface area contributed by atoms with E-state index in [1.54, 1.807) is 0 Å². The number of rotatable bonds is 4. The third kappa shape index (κ3) is 3.83. The Bertz CT molecular complexity index is 496. The molecule has 2 rings (SSSR count). The molecule has 0 N–H and O–H groups in total. The number of hydrogen-bond donors (Lipinski definition) is 0. The first kappa shape index (κ1) is 13.6. The van der Waals surface area contributed by atoms with Crippen molar-refractivity contribution in [3.05, 3.63) is 11.8 Å². The number of likely N-dealkylation sites (N-methyl/N-ethyl adjacent to an activating group) is 1. The molecule has 1 aromatic heterocycles. The van der Waals surface area contributed by atoms with E-state index in [0.717, 1.165) is 37.2 Å². The smallest absolute Gasteiger partial charge is 0.283 e. The van der Waals surface area contributed by atoms with Crippen molar-refractivity contribution in [1.82, 2.24) is 15.2 Å². The van der Waals surface area contributed by atoms with Gasteiger partial charge < -0.3 is 9.64 Å². The van der Waals surface area contributed by atoms with Gasteiger partial charge in [-0.2, -0.15) is 0 Å². The number of aromatic nitrogens is 2. The maximum absolute atomic E-state index is 5.58. The molecule has 0 bridgehead atoms. The van der Waals surface area contributed by atoms with Gasteiger partial charge in [-0.15, -0.1) is 5.92 Å².